The number of nitrogens with one attached hydrogen (secondary N) is 3. The first kappa shape index (κ1) is 31.7. The van der Waals surface area contributed by atoms with E-state index in [2.05, 4.69) is 20.9 Å². The number of para-hydroxylation sites is 1. The van der Waals surface area contributed by atoms with Gasteiger partial charge in [-0.25, -0.2) is 9.78 Å². The van der Waals surface area contributed by atoms with Gasteiger partial charge in [-0.05, 0) is 88.7 Å². The molecule has 0 saturated carbocycles. The molecule has 2 aromatic heterocycles. The van der Waals surface area contributed by atoms with Crippen LogP contribution in [-0.4, -0.2) is 59.4 Å². The van der Waals surface area contributed by atoms with Crippen LogP contribution in [0.4, 0.5) is 21.9 Å². The van der Waals surface area contributed by atoms with E-state index in [1.165, 1.54) is 11.3 Å². The number of amides is 4. The molecule has 0 radical (unpaired) electrons. The van der Waals surface area contributed by atoms with E-state index in [0.29, 0.717) is 63.0 Å². The lowest BCUT2D eigenvalue weighted by atomic mass is 9.99. The topological polar surface area (TPSA) is 140 Å². The smallest absolute Gasteiger partial charge is 0.331 e. The lowest BCUT2D eigenvalue weighted by Crippen LogP contribution is -2.50. The highest BCUT2D eigenvalue weighted by Gasteiger charge is 2.35. The minimum Gasteiger partial charge on any atom is -0.457 e. The normalized spacial score (nSPS) is 16.4. The Hall–Kier alpha value is -5.25. The first-order valence-corrected chi connectivity index (χ1v) is 16.2. The Morgan fingerprint density at radius 1 is 1.15 bits per heavy atom. The van der Waals surface area contributed by atoms with Crippen molar-refractivity contribution in [1.29, 1.82) is 5.26 Å². The van der Waals surface area contributed by atoms with E-state index >= 15 is 0 Å². The predicted octanol–water partition coefficient (Wildman–Crippen LogP) is 6.25. The van der Waals surface area contributed by atoms with Crippen molar-refractivity contribution < 1.29 is 19.1 Å². The first-order valence-electron chi connectivity index (χ1n) is 15.4. The summed E-state index contributed by atoms with van der Waals surface area (Å²) in [4.78, 5) is 49.3. The Morgan fingerprint density at radius 2 is 1.94 bits per heavy atom. The molecule has 2 aliphatic rings. The van der Waals surface area contributed by atoms with Crippen molar-refractivity contribution in [2.75, 3.05) is 30.4 Å². The van der Waals surface area contributed by atoms with Crippen LogP contribution in [0, 0.1) is 18.3 Å². The van der Waals surface area contributed by atoms with E-state index < -0.39 is 11.6 Å². The third-order valence-electron chi connectivity index (χ3n) is 8.38. The van der Waals surface area contributed by atoms with Crippen LogP contribution in [-0.2, 0) is 4.79 Å². The highest BCUT2D eigenvalue weighted by molar-refractivity contribution is 7.21. The van der Waals surface area contributed by atoms with Crippen LogP contribution < -0.4 is 25.6 Å². The summed E-state index contributed by atoms with van der Waals surface area (Å²) in [5.74, 6) is 0.648. The van der Waals surface area contributed by atoms with Gasteiger partial charge >= 0.3 is 6.03 Å². The number of carbonyl (C=O) groups is 3. The summed E-state index contributed by atoms with van der Waals surface area (Å²) in [6.07, 6.45) is 4.62. The molecule has 12 heteroatoms. The summed E-state index contributed by atoms with van der Waals surface area (Å²) in [5, 5.41) is 19.5. The maximum atomic E-state index is 13.7. The van der Waals surface area contributed by atoms with Crippen LogP contribution in [0.1, 0.15) is 41.9 Å². The van der Waals surface area contributed by atoms with Gasteiger partial charge in [-0.1, -0.05) is 18.2 Å². The number of nitrogens with zero attached hydrogens (tertiary/aromatic N) is 4. The number of nitriles is 1. The zero-order valence-corrected chi connectivity index (χ0v) is 27.4. The van der Waals surface area contributed by atoms with Gasteiger partial charge < -0.3 is 25.6 Å². The number of hydrogen-bond donors (Lipinski definition) is 3. The number of hydrogen-bond acceptors (Lipinski definition) is 8. The number of urea groups is 1. The van der Waals surface area contributed by atoms with Crippen LogP contribution in [0.2, 0.25) is 0 Å². The first-order chi connectivity index (χ1) is 22.6. The van der Waals surface area contributed by atoms with Crippen molar-refractivity contribution in [3.63, 3.8) is 0 Å². The fourth-order valence-electron chi connectivity index (χ4n) is 5.83. The lowest BCUT2D eigenvalue weighted by Gasteiger charge is -2.33. The van der Waals surface area contributed by atoms with Crippen LogP contribution in [0.5, 0.6) is 11.5 Å². The molecule has 4 amide bonds. The molecule has 1 saturated heterocycles. The maximum absolute atomic E-state index is 13.7. The van der Waals surface area contributed by atoms with Gasteiger partial charge in [0.2, 0.25) is 0 Å². The van der Waals surface area contributed by atoms with Crippen LogP contribution >= 0.6 is 11.3 Å². The molecular weight excluding hydrogens is 614 g/mol. The number of anilines is 3. The Bertz CT molecular complexity index is 1950. The third kappa shape index (κ3) is 6.40. The molecule has 0 bridgehead atoms. The van der Waals surface area contributed by atoms with Gasteiger partial charge in [0, 0.05) is 30.9 Å². The number of benzene rings is 2. The second kappa shape index (κ2) is 12.9. The number of pyridine rings is 1. The van der Waals surface area contributed by atoms with Crippen molar-refractivity contribution in [2.24, 2.45) is 0 Å². The number of likely N-dealkylation sites (N-methyl/N-ethyl adjacent to an activating group) is 1. The van der Waals surface area contributed by atoms with E-state index in [1.54, 1.807) is 35.2 Å². The molecule has 3 N–H and O–H groups in total. The molecule has 1 atom stereocenters. The Balaban J connectivity index is 1.23. The molecule has 6 rings (SSSR count). The number of thiophene rings is 1. The predicted molar refractivity (Wildman–Crippen MR) is 182 cm³/mol. The minimum atomic E-state index is -0.529. The van der Waals surface area contributed by atoms with Gasteiger partial charge in [0.25, 0.3) is 11.8 Å². The molecule has 2 aromatic carbocycles. The summed E-state index contributed by atoms with van der Waals surface area (Å²) >= 11 is 1.21. The number of aromatic nitrogens is 1. The van der Waals surface area contributed by atoms with Crippen LogP contribution in [0.25, 0.3) is 10.2 Å². The standard InChI is InChI=1S/C35H35N7O4S/c1-21-17-25(46-24-10-6-5-7-11-24)12-13-26(21)42-27-14-15-38-32-28(27)29(40-34(42)45)30(47-32)31(43)39-23-9-8-16-41(20-23)33(44)22(19-36)18-35(2,3)37-4/h5-7,10-15,17-18,23,37H,8-9,16,20H2,1-4H3,(H,39,43)(H,40,45)/b22-18+/t23-/m1/s1. The SMILES string of the molecule is CNC(C)(C)/C=C(\C#N)C(=O)N1CCC[C@@H](NC(=O)c2sc3nccc4c3c2NC(=O)N4c2ccc(Oc3ccccc3)cc2C)C1. The molecule has 2 aliphatic heterocycles. The third-order valence-corrected chi connectivity index (χ3v) is 9.48. The second-order valence-electron chi connectivity index (χ2n) is 12.2. The fraction of sp³-hybridized carbons (Fsp3) is 0.286. The molecule has 4 heterocycles. The largest absolute Gasteiger partial charge is 0.457 e. The van der Waals surface area contributed by atoms with Crippen molar-refractivity contribution in [3.05, 3.63) is 82.9 Å². The van der Waals surface area contributed by atoms with Gasteiger partial charge in [-0.15, -0.1) is 11.3 Å². The van der Waals surface area contributed by atoms with Gasteiger partial charge in [0.1, 0.15) is 32.8 Å². The number of rotatable bonds is 8. The van der Waals surface area contributed by atoms with E-state index in [0.717, 1.165) is 5.56 Å². The zero-order chi connectivity index (χ0) is 33.3. The number of piperidine rings is 1. The zero-order valence-electron chi connectivity index (χ0n) is 26.6. The van der Waals surface area contributed by atoms with Gasteiger partial charge in [-0.3, -0.25) is 14.5 Å². The highest BCUT2D eigenvalue weighted by atomic mass is 32.1. The number of ether oxygens (including phenoxy) is 1. The Labute approximate surface area is 276 Å². The molecule has 47 heavy (non-hydrogen) atoms. The van der Waals surface area contributed by atoms with E-state index in [1.807, 2.05) is 75.4 Å². The number of aryl methyl sites for hydroxylation is 1. The minimum absolute atomic E-state index is 0.0599. The summed E-state index contributed by atoms with van der Waals surface area (Å²) in [5.41, 5.74) is 2.08. The lowest BCUT2D eigenvalue weighted by molar-refractivity contribution is -0.128. The molecule has 240 valence electrons. The van der Waals surface area contributed by atoms with E-state index in [9.17, 15) is 19.6 Å². The van der Waals surface area contributed by atoms with E-state index in [4.69, 9.17) is 4.74 Å². The van der Waals surface area contributed by atoms with Gasteiger partial charge in [0.05, 0.1) is 22.4 Å². The molecule has 0 aliphatic carbocycles. The molecule has 0 spiro atoms. The van der Waals surface area contributed by atoms with Crippen molar-refractivity contribution in [2.45, 2.75) is 45.2 Å². The average Bonchev–Trinajstić information content (AvgIpc) is 3.44. The van der Waals surface area contributed by atoms with Crippen molar-refractivity contribution in [1.82, 2.24) is 20.5 Å². The molecule has 0 unspecified atom stereocenters. The quantitative estimate of drug-likeness (QED) is 0.151. The number of carbonyl (C=O) groups excluding carboxylic acids is 3. The average molecular weight is 650 g/mol. The Kier molecular flexibility index (Phi) is 8.68. The van der Waals surface area contributed by atoms with Gasteiger partial charge in [-0.2, -0.15) is 5.26 Å². The van der Waals surface area contributed by atoms with Crippen LogP contribution in [0.15, 0.2) is 72.4 Å². The number of likely N-dealkylation sites (tertiary alicyclic amines) is 1. The maximum Gasteiger partial charge on any atom is 0.331 e. The Morgan fingerprint density at radius 3 is 2.66 bits per heavy atom. The second-order valence-corrected chi connectivity index (χ2v) is 13.1. The molecular formula is C35H35N7O4S. The molecule has 1 fully saturated rings. The molecule has 11 nitrogen and oxygen atoms in total. The van der Waals surface area contributed by atoms with Crippen molar-refractivity contribution >= 4 is 56.5 Å². The summed E-state index contributed by atoms with van der Waals surface area (Å²) in [7, 11) is 1.77. The monoisotopic (exact) mass is 649 g/mol. The summed E-state index contributed by atoms with van der Waals surface area (Å²) in [6, 6.07) is 18.1. The van der Waals surface area contributed by atoms with Gasteiger partial charge in [0.15, 0.2) is 0 Å². The fourth-order valence-corrected chi connectivity index (χ4v) is 6.85. The molecule has 4 aromatic rings. The highest BCUT2D eigenvalue weighted by Crippen LogP contribution is 2.46. The summed E-state index contributed by atoms with van der Waals surface area (Å²) < 4.78 is 5.98. The van der Waals surface area contributed by atoms with Crippen molar-refractivity contribution in [3.8, 4) is 17.6 Å². The summed E-state index contributed by atoms with van der Waals surface area (Å²) in [6.45, 7) is 6.44. The van der Waals surface area contributed by atoms with E-state index in [-0.39, 0.29) is 30.0 Å². The van der Waals surface area contributed by atoms with Crippen LogP contribution in [0.3, 0.4) is 0 Å².